The molecule has 3 unspecified atom stereocenters. The zero-order chi connectivity index (χ0) is 12.0. The second-order valence-corrected chi connectivity index (χ2v) is 5.13. The molecule has 3 atom stereocenters. The highest BCUT2D eigenvalue weighted by Gasteiger charge is 2.24. The molecule has 0 spiro atoms. The van der Waals surface area contributed by atoms with E-state index in [1.807, 2.05) is 0 Å². The fraction of sp³-hybridized carbons (Fsp3) is 1.00. The summed E-state index contributed by atoms with van der Waals surface area (Å²) in [6.07, 6.45) is 4.52. The number of piperidine rings is 1. The summed E-state index contributed by atoms with van der Waals surface area (Å²) in [6, 6.07) is 1.92. The highest BCUT2D eigenvalue weighted by molar-refractivity contribution is 4.83. The molecule has 0 aromatic carbocycles. The van der Waals surface area contributed by atoms with E-state index in [0.717, 1.165) is 12.8 Å². The van der Waals surface area contributed by atoms with E-state index in [-0.39, 0.29) is 0 Å². The number of aliphatic hydroxyl groups excluding tert-OH is 1. The van der Waals surface area contributed by atoms with Gasteiger partial charge in [-0.2, -0.15) is 0 Å². The van der Waals surface area contributed by atoms with Gasteiger partial charge in [-0.15, -0.1) is 0 Å². The maximum absolute atomic E-state index is 8.80. The van der Waals surface area contributed by atoms with E-state index in [0.29, 0.717) is 24.7 Å². The third kappa shape index (κ3) is 4.40. The Labute approximate surface area is 100 Å². The van der Waals surface area contributed by atoms with E-state index in [9.17, 15) is 0 Å². The van der Waals surface area contributed by atoms with Crippen LogP contribution in [-0.4, -0.2) is 47.8 Å². The summed E-state index contributed by atoms with van der Waals surface area (Å²) in [5.41, 5.74) is 0. The van der Waals surface area contributed by atoms with Gasteiger partial charge in [0.1, 0.15) is 0 Å². The van der Waals surface area contributed by atoms with Crippen LogP contribution in [0.4, 0.5) is 0 Å². The van der Waals surface area contributed by atoms with Gasteiger partial charge in [0.15, 0.2) is 0 Å². The topological polar surface area (TPSA) is 35.5 Å². The number of aliphatic hydroxyl groups is 1. The number of hydrogen-bond acceptors (Lipinski definition) is 3. The lowest BCUT2D eigenvalue weighted by atomic mass is 9.97. The predicted molar refractivity (Wildman–Crippen MR) is 68.6 cm³/mol. The molecule has 16 heavy (non-hydrogen) atoms. The van der Waals surface area contributed by atoms with Crippen LogP contribution in [0.25, 0.3) is 0 Å². The predicted octanol–water partition coefficient (Wildman–Crippen LogP) is 1.61. The monoisotopic (exact) mass is 228 g/mol. The molecule has 3 nitrogen and oxygen atoms in total. The van der Waals surface area contributed by atoms with Crippen LogP contribution < -0.4 is 5.32 Å². The van der Waals surface area contributed by atoms with Crippen LogP contribution in [0, 0.1) is 0 Å². The Balaban J connectivity index is 2.24. The molecule has 1 aliphatic heterocycles. The van der Waals surface area contributed by atoms with Gasteiger partial charge in [0.25, 0.3) is 0 Å². The van der Waals surface area contributed by atoms with Crippen molar-refractivity contribution in [1.29, 1.82) is 0 Å². The molecular formula is C13H28N2O. The Morgan fingerprint density at radius 3 is 2.81 bits per heavy atom. The standard InChI is InChI=1S/C13H28N2O/c1-4-15-8-7-13(10-12(15)3)14-11(2)6-5-9-16/h11-14,16H,4-10H2,1-3H3. The minimum absolute atomic E-state index is 0.316. The van der Waals surface area contributed by atoms with Gasteiger partial charge in [0, 0.05) is 24.7 Å². The normalized spacial score (nSPS) is 29.2. The smallest absolute Gasteiger partial charge is 0.0431 e. The number of nitrogens with zero attached hydrogens (tertiary/aromatic N) is 1. The Hall–Kier alpha value is -0.120. The molecule has 1 aliphatic rings. The van der Waals surface area contributed by atoms with Crippen molar-refractivity contribution in [1.82, 2.24) is 10.2 Å². The third-order valence-corrected chi connectivity index (χ3v) is 3.74. The lowest BCUT2D eigenvalue weighted by Gasteiger charge is -2.38. The Morgan fingerprint density at radius 2 is 2.25 bits per heavy atom. The van der Waals surface area contributed by atoms with Crippen LogP contribution in [0.1, 0.15) is 46.5 Å². The lowest BCUT2D eigenvalue weighted by molar-refractivity contribution is 0.137. The summed E-state index contributed by atoms with van der Waals surface area (Å²) >= 11 is 0. The van der Waals surface area contributed by atoms with Crippen molar-refractivity contribution in [3.63, 3.8) is 0 Å². The van der Waals surface area contributed by atoms with Gasteiger partial charge in [-0.1, -0.05) is 6.92 Å². The minimum Gasteiger partial charge on any atom is -0.396 e. The van der Waals surface area contributed by atoms with Crippen LogP contribution >= 0.6 is 0 Å². The molecule has 1 heterocycles. The summed E-state index contributed by atoms with van der Waals surface area (Å²) < 4.78 is 0. The van der Waals surface area contributed by atoms with Gasteiger partial charge in [-0.3, -0.25) is 0 Å². The van der Waals surface area contributed by atoms with E-state index in [2.05, 4.69) is 31.0 Å². The molecule has 1 rings (SSSR count). The number of hydrogen-bond donors (Lipinski definition) is 2. The third-order valence-electron chi connectivity index (χ3n) is 3.74. The molecule has 0 bridgehead atoms. The fourth-order valence-corrected chi connectivity index (χ4v) is 2.73. The van der Waals surface area contributed by atoms with Gasteiger partial charge in [-0.25, -0.2) is 0 Å². The molecule has 2 N–H and O–H groups in total. The first-order valence-electron chi connectivity index (χ1n) is 6.78. The minimum atomic E-state index is 0.316. The summed E-state index contributed by atoms with van der Waals surface area (Å²) in [6.45, 7) is 9.52. The molecule has 96 valence electrons. The van der Waals surface area contributed by atoms with Crippen LogP contribution in [0.2, 0.25) is 0 Å². The van der Waals surface area contributed by atoms with Crippen molar-refractivity contribution in [3.8, 4) is 0 Å². The zero-order valence-electron chi connectivity index (χ0n) is 11.1. The van der Waals surface area contributed by atoms with Crippen LogP contribution in [0.3, 0.4) is 0 Å². The summed E-state index contributed by atoms with van der Waals surface area (Å²) in [5, 5.41) is 12.5. The van der Waals surface area contributed by atoms with Crippen molar-refractivity contribution >= 4 is 0 Å². The summed E-state index contributed by atoms with van der Waals surface area (Å²) in [5.74, 6) is 0. The second-order valence-electron chi connectivity index (χ2n) is 5.13. The first kappa shape index (κ1) is 13.9. The molecule has 0 radical (unpaired) electrons. The van der Waals surface area contributed by atoms with Crippen molar-refractivity contribution in [2.24, 2.45) is 0 Å². The molecule has 0 amide bonds. The van der Waals surface area contributed by atoms with Gasteiger partial charge >= 0.3 is 0 Å². The average Bonchev–Trinajstić information content (AvgIpc) is 2.26. The first-order chi connectivity index (χ1) is 7.67. The second kappa shape index (κ2) is 7.25. The first-order valence-corrected chi connectivity index (χ1v) is 6.78. The van der Waals surface area contributed by atoms with Crippen LogP contribution in [0.15, 0.2) is 0 Å². The van der Waals surface area contributed by atoms with Crippen molar-refractivity contribution in [2.75, 3.05) is 19.7 Å². The number of likely N-dealkylation sites (tertiary alicyclic amines) is 1. The van der Waals surface area contributed by atoms with Gasteiger partial charge in [0.2, 0.25) is 0 Å². The Morgan fingerprint density at radius 1 is 1.50 bits per heavy atom. The van der Waals surface area contributed by atoms with E-state index >= 15 is 0 Å². The lowest BCUT2D eigenvalue weighted by Crippen LogP contribution is -2.49. The van der Waals surface area contributed by atoms with Gasteiger partial charge in [0.05, 0.1) is 0 Å². The number of rotatable bonds is 6. The fourth-order valence-electron chi connectivity index (χ4n) is 2.73. The largest absolute Gasteiger partial charge is 0.396 e. The maximum atomic E-state index is 8.80. The molecule has 0 aliphatic carbocycles. The van der Waals surface area contributed by atoms with E-state index in [4.69, 9.17) is 5.11 Å². The van der Waals surface area contributed by atoms with Crippen LogP contribution in [0.5, 0.6) is 0 Å². The van der Waals surface area contributed by atoms with Gasteiger partial charge in [-0.05, 0) is 52.6 Å². The molecular weight excluding hydrogens is 200 g/mol. The molecule has 0 aromatic heterocycles. The Kier molecular flexibility index (Phi) is 6.32. The van der Waals surface area contributed by atoms with Crippen molar-refractivity contribution < 1.29 is 5.11 Å². The number of nitrogens with one attached hydrogen (secondary N) is 1. The molecule has 0 saturated carbocycles. The maximum Gasteiger partial charge on any atom is 0.0431 e. The molecule has 0 aromatic rings. The zero-order valence-corrected chi connectivity index (χ0v) is 11.1. The van der Waals surface area contributed by atoms with Crippen molar-refractivity contribution in [2.45, 2.75) is 64.6 Å². The SMILES string of the molecule is CCN1CCC(NC(C)CCCO)CC1C. The van der Waals surface area contributed by atoms with E-state index in [1.165, 1.54) is 25.9 Å². The quantitative estimate of drug-likeness (QED) is 0.725. The molecule has 3 heteroatoms. The van der Waals surface area contributed by atoms with Gasteiger partial charge < -0.3 is 15.3 Å². The molecule has 1 saturated heterocycles. The van der Waals surface area contributed by atoms with Crippen LogP contribution in [-0.2, 0) is 0 Å². The molecule has 1 fully saturated rings. The van der Waals surface area contributed by atoms with E-state index < -0.39 is 0 Å². The average molecular weight is 228 g/mol. The summed E-state index contributed by atoms with van der Waals surface area (Å²) in [7, 11) is 0. The Bertz CT molecular complexity index is 187. The van der Waals surface area contributed by atoms with Crippen molar-refractivity contribution in [3.05, 3.63) is 0 Å². The highest BCUT2D eigenvalue weighted by Crippen LogP contribution is 2.17. The summed E-state index contributed by atoms with van der Waals surface area (Å²) in [4.78, 5) is 2.55. The van der Waals surface area contributed by atoms with E-state index in [1.54, 1.807) is 0 Å². The highest BCUT2D eigenvalue weighted by atomic mass is 16.2.